The summed E-state index contributed by atoms with van der Waals surface area (Å²) in [4.78, 5) is 19.6. The fourth-order valence-electron chi connectivity index (χ4n) is 3.85. The van der Waals surface area contributed by atoms with E-state index < -0.39 is 4.92 Å². The minimum absolute atomic E-state index is 0.0761. The molecule has 8 heteroatoms. The highest BCUT2D eigenvalue weighted by Gasteiger charge is 2.27. The van der Waals surface area contributed by atoms with Gasteiger partial charge in [0.2, 0.25) is 11.8 Å². The summed E-state index contributed by atoms with van der Waals surface area (Å²) >= 11 is 0. The first-order valence-corrected chi connectivity index (χ1v) is 9.85. The molecule has 0 aliphatic heterocycles. The predicted molar refractivity (Wildman–Crippen MR) is 110 cm³/mol. The molecule has 1 aromatic heterocycles. The molecule has 1 aromatic carbocycles. The quantitative estimate of drug-likeness (QED) is 0.470. The van der Waals surface area contributed by atoms with Crippen molar-refractivity contribution < 1.29 is 4.92 Å². The van der Waals surface area contributed by atoms with E-state index in [1.54, 1.807) is 0 Å². The molecular weight excluding hydrogens is 356 g/mol. The van der Waals surface area contributed by atoms with Crippen molar-refractivity contribution in [1.82, 2.24) is 9.97 Å². The Bertz CT molecular complexity index is 791. The number of nitrogen functional groups attached to an aromatic ring is 1. The van der Waals surface area contributed by atoms with Crippen molar-refractivity contribution >= 4 is 17.5 Å². The second kappa shape index (κ2) is 9.45. The standard InChI is InChI=1S/C20H28N6O2/c21-13-16-8-6-15(7-9-16)12-17-18(26(27)28)19(22)25-20(24-17)23-11-10-14-4-2-1-3-5-14/h1-5,15-16H,6-13,21H2,(H3,22,23,24,25). The van der Waals surface area contributed by atoms with Crippen LogP contribution in [-0.4, -0.2) is 28.0 Å². The molecule has 0 unspecified atom stereocenters. The SMILES string of the molecule is NCC1CCC(Cc2nc(NCCc3ccccc3)nc(N)c2[N+](=O)[O-])CC1. The highest BCUT2D eigenvalue weighted by molar-refractivity contribution is 5.58. The van der Waals surface area contributed by atoms with Gasteiger partial charge in [-0.05, 0) is 62.5 Å². The van der Waals surface area contributed by atoms with Crippen LogP contribution in [0.5, 0.6) is 0 Å². The highest BCUT2D eigenvalue weighted by Crippen LogP contribution is 2.33. The average Bonchev–Trinajstić information content (AvgIpc) is 2.69. The van der Waals surface area contributed by atoms with Crippen molar-refractivity contribution in [2.75, 3.05) is 24.1 Å². The lowest BCUT2D eigenvalue weighted by atomic mass is 9.80. The summed E-state index contributed by atoms with van der Waals surface area (Å²) in [5.41, 5.74) is 13.1. The lowest BCUT2D eigenvalue weighted by molar-refractivity contribution is -0.385. The van der Waals surface area contributed by atoms with Gasteiger partial charge in [0.1, 0.15) is 5.69 Å². The molecule has 1 aliphatic carbocycles. The van der Waals surface area contributed by atoms with Gasteiger partial charge in [-0.2, -0.15) is 4.98 Å². The van der Waals surface area contributed by atoms with Gasteiger partial charge in [0.15, 0.2) is 0 Å². The van der Waals surface area contributed by atoms with Gasteiger partial charge in [-0.25, -0.2) is 4.98 Å². The largest absolute Gasteiger partial charge is 0.378 e. The molecule has 2 aromatic rings. The van der Waals surface area contributed by atoms with E-state index in [2.05, 4.69) is 27.4 Å². The van der Waals surface area contributed by atoms with Crippen LogP contribution in [0, 0.1) is 22.0 Å². The zero-order chi connectivity index (χ0) is 19.9. The minimum atomic E-state index is -0.468. The fraction of sp³-hybridized carbons (Fsp3) is 0.500. The van der Waals surface area contributed by atoms with Crippen LogP contribution in [0.3, 0.4) is 0 Å². The summed E-state index contributed by atoms with van der Waals surface area (Å²) in [7, 11) is 0. The maximum absolute atomic E-state index is 11.5. The van der Waals surface area contributed by atoms with Gasteiger partial charge in [0.25, 0.3) is 0 Å². The number of nitrogens with one attached hydrogen (secondary N) is 1. The summed E-state index contributed by atoms with van der Waals surface area (Å²) in [5, 5.41) is 14.7. The number of aromatic nitrogens is 2. The van der Waals surface area contributed by atoms with Crippen molar-refractivity contribution in [2.45, 2.75) is 38.5 Å². The van der Waals surface area contributed by atoms with E-state index in [1.165, 1.54) is 5.56 Å². The summed E-state index contributed by atoms with van der Waals surface area (Å²) in [6, 6.07) is 10.1. The first-order valence-electron chi connectivity index (χ1n) is 9.85. The third-order valence-corrected chi connectivity index (χ3v) is 5.49. The van der Waals surface area contributed by atoms with E-state index in [1.807, 2.05) is 18.2 Å². The number of rotatable bonds is 8. The lowest BCUT2D eigenvalue weighted by Crippen LogP contribution is -2.23. The van der Waals surface area contributed by atoms with Crippen molar-refractivity contribution in [3.8, 4) is 0 Å². The molecule has 8 nitrogen and oxygen atoms in total. The third-order valence-electron chi connectivity index (χ3n) is 5.49. The highest BCUT2D eigenvalue weighted by atomic mass is 16.6. The van der Waals surface area contributed by atoms with Crippen LogP contribution in [0.1, 0.15) is 36.9 Å². The van der Waals surface area contributed by atoms with Crippen molar-refractivity contribution in [2.24, 2.45) is 17.6 Å². The molecule has 0 saturated heterocycles. The Morgan fingerprint density at radius 1 is 1.11 bits per heavy atom. The normalized spacial score (nSPS) is 19.3. The Morgan fingerprint density at radius 2 is 1.79 bits per heavy atom. The zero-order valence-electron chi connectivity index (χ0n) is 16.0. The van der Waals surface area contributed by atoms with Gasteiger partial charge in [-0.1, -0.05) is 30.3 Å². The van der Waals surface area contributed by atoms with Gasteiger partial charge >= 0.3 is 5.69 Å². The second-order valence-corrected chi connectivity index (χ2v) is 7.47. The lowest BCUT2D eigenvalue weighted by Gasteiger charge is -2.27. The maximum Gasteiger partial charge on any atom is 0.332 e. The topological polar surface area (TPSA) is 133 Å². The number of hydrogen-bond donors (Lipinski definition) is 3. The molecule has 3 rings (SSSR count). The number of benzene rings is 1. The van der Waals surface area contributed by atoms with Gasteiger partial charge in [-0.15, -0.1) is 0 Å². The van der Waals surface area contributed by atoms with Crippen LogP contribution in [0.25, 0.3) is 0 Å². The van der Waals surface area contributed by atoms with Gasteiger partial charge in [-0.3, -0.25) is 10.1 Å². The van der Waals surface area contributed by atoms with Crippen LogP contribution in [-0.2, 0) is 12.8 Å². The Kier molecular flexibility index (Phi) is 6.76. The molecular formula is C20H28N6O2. The zero-order valence-corrected chi connectivity index (χ0v) is 16.0. The van der Waals surface area contributed by atoms with Gasteiger partial charge < -0.3 is 16.8 Å². The van der Waals surface area contributed by atoms with Crippen molar-refractivity contribution in [1.29, 1.82) is 0 Å². The maximum atomic E-state index is 11.5. The number of anilines is 2. The first-order chi connectivity index (χ1) is 13.6. The van der Waals surface area contributed by atoms with E-state index in [0.29, 0.717) is 43.0 Å². The summed E-state index contributed by atoms with van der Waals surface area (Å²) < 4.78 is 0. The molecule has 5 N–H and O–H groups in total. The van der Waals surface area contributed by atoms with E-state index in [4.69, 9.17) is 11.5 Å². The Morgan fingerprint density at radius 3 is 2.43 bits per heavy atom. The van der Waals surface area contributed by atoms with Crippen LogP contribution in [0.2, 0.25) is 0 Å². The smallest absolute Gasteiger partial charge is 0.332 e. The van der Waals surface area contributed by atoms with Crippen molar-refractivity contribution in [3.05, 3.63) is 51.7 Å². The van der Waals surface area contributed by atoms with E-state index in [-0.39, 0.29) is 11.5 Å². The van der Waals surface area contributed by atoms with Crippen LogP contribution in [0.4, 0.5) is 17.5 Å². The second-order valence-electron chi connectivity index (χ2n) is 7.47. The first kappa shape index (κ1) is 20.0. The molecule has 0 atom stereocenters. The summed E-state index contributed by atoms with van der Waals surface area (Å²) in [6.45, 7) is 1.34. The van der Waals surface area contributed by atoms with E-state index >= 15 is 0 Å². The monoisotopic (exact) mass is 384 g/mol. The molecule has 0 spiro atoms. The van der Waals surface area contributed by atoms with Crippen LogP contribution in [0.15, 0.2) is 30.3 Å². The third kappa shape index (κ3) is 5.16. The van der Waals surface area contributed by atoms with E-state index in [9.17, 15) is 10.1 Å². The Labute approximate surface area is 164 Å². The molecule has 1 saturated carbocycles. The molecule has 1 fully saturated rings. The molecule has 1 aliphatic rings. The summed E-state index contributed by atoms with van der Waals surface area (Å²) in [5.74, 6) is 1.21. The Balaban J connectivity index is 1.69. The predicted octanol–water partition coefficient (Wildman–Crippen LogP) is 2.93. The molecule has 1 heterocycles. The fourth-order valence-corrected chi connectivity index (χ4v) is 3.85. The number of nitrogens with two attached hydrogens (primary N) is 2. The number of nitro groups is 1. The molecule has 0 amide bonds. The van der Waals surface area contributed by atoms with Crippen LogP contribution >= 0.6 is 0 Å². The van der Waals surface area contributed by atoms with Gasteiger partial charge in [0, 0.05) is 6.54 Å². The number of hydrogen-bond acceptors (Lipinski definition) is 7. The molecule has 0 radical (unpaired) electrons. The van der Waals surface area contributed by atoms with E-state index in [0.717, 1.165) is 32.1 Å². The Hall–Kier alpha value is -2.74. The summed E-state index contributed by atoms with van der Waals surface area (Å²) in [6.07, 6.45) is 5.52. The van der Waals surface area contributed by atoms with Crippen molar-refractivity contribution in [3.63, 3.8) is 0 Å². The molecule has 28 heavy (non-hydrogen) atoms. The molecule has 150 valence electrons. The number of nitrogens with zero attached hydrogens (tertiary/aromatic N) is 3. The van der Waals surface area contributed by atoms with Gasteiger partial charge in [0.05, 0.1) is 4.92 Å². The minimum Gasteiger partial charge on any atom is -0.378 e. The molecule has 0 bridgehead atoms. The average molecular weight is 384 g/mol. The van der Waals surface area contributed by atoms with Crippen LogP contribution < -0.4 is 16.8 Å².